The van der Waals surface area contributed by atoms with Crippen molar-refractivity contribution in [3.05, 3.63) is 71.4 Å². The second kappa shape index (κ2) is 11.3. The normalized spacial score (nSPS) is 15.3. The van der Waals surface area contributed by atoms with Crippen molar-refractivity contribution in [3.63, 3.8) is 0 Å². The average molecular weight is 511 g/mol. The highest BCUT2D eigenvalue weighted by molar-refractivity contribution is 7.91. The van der Waals surface area contributed by atoms with E-state index in [-0.39, 0.29) is 16.9 Å². The Kier molecular flexibility index (Phi) is 8.21. The van der Waals surface area contributed by atoms with Crippen LogP contribution in [0.15, 0.2) is 53.2 Å². The zero-order valence-corrected chi connectivity index (χ0v) is 21.9. The van der Waals surface area contributed by atoms with E-state index in [0.29, 0.717) is 53.8 Å². The summed E-state index contributed by atoms with van der Waals surface area (Å²) >= 11 is 0. The molecule has 0 saturated carbocycles. The standard InChI is InChI=1S/C27H34N4O4S/c1-19(2)17-31-13-10-24(11-14-31)36(33,34)18-25-20(3)35-27(30-25)23-8-6-22(7-9-23)26(32)29-16-21-5-4-12-28-15-21/h4-9,12,15,19,24H,10-11,13-14,16-18H2,1-3H3,(H,29,32). The molecule has 9 heteroatoms. The highest BCUT2D eigenvalue weighted by Gasteiger charge is 2.31. The van der Waals surface area contributed by atoms with Crippen LogP contribution >= 0.6 is 0 Å². The number of oxazole rings is 1. The van der Waals surface area contributed by atoms with Gasteiger partial charge in [0.1, 0.15) is 5.76 Å². The summed E-state index contributed by atoms with van der Waals surface area (Å²) in [4.78, 5) is 23.4. The van der Waals surface area contributed by atoms with E-state index in [9.17, 15) is 13.2 Å². The average Bonchev–Trinajstić information content (AvgIpc) is 3.22. The van der Waals surface area contributed by atoms with E-state index in [1.807, 2.05) is 12.1 Å². The number of hydrogen-bond donors (Lipinski definition) is 1. The highest BCUT2D eigenvalue weighted by atomic mass is 32.2. The molecule has 1 aliphatic heterocycles. The smallest absolute Gasteiger partial charge is 0.251 e. The van der Waals surface area contributed by atoms with Crippen molar-refractivity contribution in [3.8, 4) is 11.5 Å². The van der Waals surface area contributed by atoms with Crippen LogP contribution in [0.1, 0.15) is 54.1 Å². The number of piperidine rings is 1. The molecular formula is C27H34N4O4S. The summed E-state index contributed by atoms with van der Waals surface area (Å²) in [6, 6.07) is 10.6. The number of hydrogen-bond acceptors (Lipinski definition) is 7. The van der Waals surface area contributed by atoms with Crippen molar-refractivity contribution in [2.45, 2.75) is 51.2 Å². The first-order valence-corrected chi connectivity index (χ1v) is 14.1. The largest absolute Gasteiger partial charge is 0.441 e. The quantitative estimate of drug-likeness (QED) is 0.464. The van der Waals surface area contributed by atoms with E-state index in [0.717, 1.165) is 25.2 Å². The molecule has 1 N–H and O–H groups in total. The Balaban J connectivity index is 1.37. The van der Waals surface area contributed by atoms with Gasteiger partial charge in [0.2, 0.25) is 5.89 Å². The predicted octanol–water partition coefficient (Wildman–Crippen LogP) is 4.01. The Morgan fingerprint density at radius 1 is 1.17 bits per heavy atom. The lowest BCUT2D eigenvalue weighted by Crippen LogP contribution is -2.41. The first-order valence-electron chi connectivity index (χ1n) is 12.4. The zero-order chi connectivity index (χ0) is 25.7. The molecule has 0 bridgehead atoms. The maximum atomic E-state index is 13.1. The fourth-order valence-electron chi connectivity index (χ4n) is 4.51. The molecule has 0 unspecified atom stereocenters. The van der Waals surface area contributed by atoms with Gasteiger partial charge < -0.3 is 14.6 Å². The molecule has 4 rings (SSSR count). The van der Waals surface area contributed by atoms with Gasteiger partial charge >= 0.3 is 0 Å². The molecule has 3 heterocycles. The van der Waals surface area contributed by atoms with Crippen LogP contribution in [0.25, 0.3) is 11.5 Å². The summed E-state index contributed by atoms with van der Waals surface area (Å²) in [7, 11) is -3.33. The number of nitrogens with zero attached hydrogens (tertiary/aromatic N) is 3. The molecule has 2 aromatic heterocycles. The first-order chi connectivity index (χ1) is 17.2. The summed E-state index contributed by atoms with van der Waals surface area (Å²) in [6.07, 6.45) is 4.71. The molecule has 0 spiro atoms. The van der Waals surface area contributed by atoms with Gasteiger partial charge in [-0.05, 0) is 74.7 Å². The number of amides is 1. The van der Waals surface area contributed by atoms with E-state index < -0.39 is 9.84 Å². The van der Waals surface area contributed by atoms with Gasteiger partial charge in [-0.3, -0.25) is 9.78 Å². The molecule has 1 aliphatic rings. The second-order valence-corrected chi connectivity index (χ2v) is 12.1. The van der Waals surface area contributed by atoms with Gasteiger partial charge in [0.15, 0.2) is 9.84 Å². The highest BCUT2D eigenvalue weighted by Crippen LogP contribution is 2.26. The minimum atomic E-state index is -3.33. The summed E-state index contributed by atoms with van der Waals surface area (Å²) in [6.45, 7) is 9.12. The number of nitrogens with one attached hydrogen (secondary N) is 1. The molecule has 0 radical (unpaired) electrons. The third kappa shape index (κ3) is 6.59. The van der Waals surface area contributed by atoms with Gasteiger partial charge in [0.25, 0.3) is 5.91 Å². The minimum absolute atomic E-state index is 0.119. The van der Waals surface area contributed by atoms with Crippen molar-refractivity contribution < 1.29 is 17.6 Å². The third-order valence-corrected chi connectivity index (χ3v) is 8.63. The lowest BCUT2D eigenvalue weighted by atomic mass is 10.1. The van der Waals surface area contributed by atoms with E-state index >= 15 is 0 Å². The number of sulfone groups is 1. The number of carbonyl (C=O) groups is 1. The van der Waals surface area contributed by atoms with Gasteiger partial charge in [0.05, 0.1) is 16.7 Å². The maximum absolute atomic E-state index is 13.1. The Labute approximate surface area is 213 Å². The van der Waals surface area contributed by atoms with Crippen LogP contribution in [-0.2, 0) is 22.1 Å². The molecule has 3 aromatic rings. The van der Waals surface area contributed by atoms with Crippen molar-refractivity contribution in [1.82, 2.24) is 20.2 Å². The number of likely N-dealkylation sites (tertiary alicyclic amines) is 1. The molecule has 1 amide bonds. The van der Waals surface area contributed by atoms with Crippen LogP contribution in [0.2, 0.25) is 0 Å². The molecule has 0 aliphatic carbocycles. The van der Waals surface area contributed by atoms with E-state index in [4.69, 9.17) is 4.42 Å². The molecule has 1 saturated heterocycles. The lowest BCUT2D eigenvalue weighted by Gasteiger charge is -2.32. The van der Waals surface area contributed by atoms with Gasteiger partial charge in [-0.15, -0.1) is 0 Å². The maximum Gasteiger partial charge on any atom is 0.251 e. The predicted molar refractivity (Wildman–Crippen MR) is 139 cm³/mol. The number of carbonyl (C=O) groups excluding carboxylic acids is 1. The molecule has 192 valence electrons. The Morgan fingerprint density at radius 2 is 1.89 bits per heavy atom. The van der Waals surface area contributed by atoms with Crippen molar-refractivity contribution in [1.29, 1.82) is 0 Å². The summed E-state index contributed by atoms with van der Waals surface area (Å²) in [5.74, 6) is 1.12. The first kappa shape index (κ1) is 26.0. The fraction of sp³-hybridized carbons (Fsp3) is 0.444. The SMILES string of the molecule is Cc1oc(-c2ccc(C(=O)NCc3cccnc3)cc2)nc1CS(=O)(=O)C1CCN(CC(C)C)CC1. The Bertz CT molecular complexity index is 1260. The van der Waals surface area contributed by atoms with Gasteiger partial charge in [0, 0.05) is 36.6 Å². The molecule has 8 nitrogen and oxygen atoms in total. The van der Waals surface area contributed by atoms with Crippen LogP contribution in [0.4, 0.5) is 0 Å². The van der Waals surface area contributed by atoms with Crippen molar-refractivity contribution in [2.75, 3.05) is 19.6 Å². The zero-order valence-electron chi connectivity index (χ0n) is 21.1. The molecule has 0 atom stereocenters. The monoisotopic (exact) mass is 510 g/mol. The number of rotatable bonds is 9. The Hall–Kier alpha value is -3.04. The summed E-state index contributed by atoms with van der Waals surface area (Å²) in [5.41, 5.74) is 2.57. The van der Waals surface area contributed by atoms with E-state index in [1.54, 1.807) is 43.6 Å². The Morgan fingerprint density at radius 3 is 2.53 bits per heavy atom. The molecule has 1 aromatic carbocycles. The van der Waals surface area contributed by atoms with Crippen LogP contribution in [-0.4, -0.2) is 54.1 Å². The van der Waals surface area contributed by atoms with Crippen LogP contribution < -0.4 is 5.32 Å². The number of aromatic nitrogens is 2. The van der Waals surface area contributed by atoms with Crippen LogP contribution in [0.3, 0.4) is 0 Å². The van der Waals surface area contributed by atoms with Gasteiger partial charge in [-0.2, -0.15) is 0 Å². The number of aryl methyl sites for hydroxylation is 1. The van der Waals surface area contributed by atoms with Gasteiger partial charge in [-0.1, -0.05) is 19.9 Å². The molecular weight excluding hydrogens is 476 g/mol. The van der Waals surface area contributed by atoms with Crippen LogP contribution in [0, 0.1) is 12.8 Å². The summed E-state index contributed by atoms with van der Waals surface area (Å²) in [5, 5.41) is 2.53. The third-order valence-electron chi connectivity index (χ3n) is 6.47. The minimum Gasteiger partial charge on any atom is -0.441 e. The lowest BCUT2D eigenvalue weighted by molar-refractivity contribution is 0.0951. The van der Waals surface area contributed by atoms with E-state index in [1.165, 1.54) is 0 Å². The summed E-state index contributed by atoms with van der Waals surface area (Å²) < 4.78 is 32.0. The van der Waals surface area contributed by atoms with Crippen LogP contribution in [0.5, 0.6) is 0 Å². The van der Waals surface area contributed by atoms with E-state index in [2.05, 4.69) is 34.0 Å². The molecule has 1 fully saturated rings. The van der Waals surface area contributed by atoms with Crippen molar-refractivity contribution in [2.24, 2.45) is 5.92 Å². The van der Waals surface area contributed by atoms with Gasteiger partial charge in [-0.25, -0.2) is 13.4 Å². The van der Waals surface area contributed by atoms with Crippen molar-refractivity contribution >= 4 is 15.7 Å². The fourth-order valence-corrected chi connectivity index (χ4v) is 6.33. The number of pyridine rings is 1. The topological polar surface area (TPSA) is 105 Å². The second-order valence-electron chi connectivity index (χ2n) is 9.84. The number of benzene rings is 1. The molecule has 36 heavy (non-hydrogen) atoms.